The zero-order valence-electron chi connectivity index (χ0n) is 24.7. The molecule has 3 N–H and O–H groups in total. The molecule has 226 valence electrons. The Kier molecular flexibility index (Phi) is 9.12. The van der Waals surface area contributed by atoms with Crippen LogP contribution in [0.1, 0.15) is 34.4 Å². The van der Waals surface area contributed by atoms with E-state index in [2.05, 4.69) is 99.2 Å². The minimum atomic E-state index is -0.591. The number of H-pyrrole nitrogens is 1. The first-order valence-corrected chi connectivity index (χ1v) is 15.4. The van der Waals surface area contributed by atoms with Gasteiger partial charge in [-0.2, -0.15) is 0 Å². The molecule has 0 atom stereocenters. The molecule has 0 amide bonds. The molecule has 0 bridgehead atoms. The number of nitrogens with zero attached hydrogens (tertiary/aromatic N) is 2. The number of halogens is 1. The summed E-state index contributed by atoms with van der Waals surface area (Å²) < 4.78 is 15.9. The Hall–Kier alpha value is -5.08. The third-order valence-corrected chi connectivity index (χ3v) is 8.35. The molecule has 0 aliphatic rings. The average molecular weight is 616 g/mol. The van der Waals surface area contributed by atoms with Crippen LogP contribution in [-0.2, 0) is 23.2 Å². The molecular formula is C37H34FN5OS. The quantitative estimate of drug-likeness (QED) is 0.0827. The monoisotopic (exact) mass is 615 g/mol. The summed E-state index contributed by atoms with van der Waals surface area (Å²) in [6.45, 7) is 0.731. The third kappa shape index (κ3) is 6.56. The van der Waals surface area contributed by atoms with E-state index in [1.165, 1.54) is 12.1 Å². The molecule has 6 nitrogen and oxygen atoms in total. The number of hydrogen-bond donors (Lipinski definition) is 3. The highest BCUT2D eigenvalue weighted by molar-refractivity contribution is 7.80. The number of aromatic amines is 1. The van der Waals surface area contributed by atoms with Gasteiger partial charge in [0.05, 0.1) is 18.6 Å². The Balaban J connectivity index is 1.08. The number of carbonyl (C=O) groups is 1. The van der Waals surface area contributed by atoms with Gasteiger partial charge in [-0.3, -0.25) is 4.79 Å². The fraction of sp³-hybridized carbons (Fsp3) is 0.162. The minimum absolute atomic E-state index is 0.0337. The van der Waals surface area contributed by atoms with Crippen LogP contribution in [0.3, 0.4) is 0 Å². The van der Waals surface area contributed by atoms with Gasteiger partial charge >= 0.3 is 0 Å². The lowest BCUT2D eigenvalue weighted by Crippen LogP contribution is -2.39. The first-order valence-electron chi connectivity index (χ1n) is 15.0. The topological polar surface area (TPSA) is 74.7 Å². The molecule has 0 aliphatic carbocycles. The van der Waals surface area contributed by atoms with E-state index in [9.17, 15) is 9.18 Å². The maximum Gasteiger partial charge on any atom is 0.166 e. The molecule has 8 heteroatoms. The zero-order valence-corrected chi connectivity index (χ0v) is 25.6. The number of aromatic nitrogens is 3. The highest BCUT2D eigenvalue weighted by atomic mass is 32.1. The number of aryl methyl sites for hydroxylation is 1. The van der Waals surface area contributed by atoms with Crippen molar-refractivity contribution in [3.63, 3.8) is 0 Å². The molecule has 0 saturated carbocycles. The molecule has 0 radical (unpaired) electrons. The molecule has 4 aromatic carbocycles. The van der Waals surface area contributed by atoms with Crippen LogP contribution < -0.4 is 10.6 Å². The van der Waals surface area contributed by atoms with Gasteiger partial charge in [-0.15, -0.1) is 0 Å². The van der Waals surface area contributed by atoms with E-state index in [4.69, 9.17) is 17.2 Å². The first kappa shape index (κ1) is 30.0. The van der Waals surface area contributed by atoms with Crippen LogP contribution in [0.2, 0.25) is 0 Å². The summed E-state index contributed by atoms with van der Waals surface area (Å²) in [4.78, 5) is 20.5. The van der Waals surface area contributed by atoms with Crippen molar-refractivity contribution in [2.24, 2.45) is 0 Å². The van der Waals surface area contributed by atoms with E-state index >= 15 is 0 Å². The van der Waals surface area contributed by atoms with Crippen molar-refractivity contribution in [1.29, 1.82) is 0 Å². The summed E-state index contributed by atoms with van der Waals surface area (Å²) in [5.74, 6) is -0.359. The molecule has 0 fully saturated rings. The molecule has 6 rings (SSSR count). The number of Topliss-reactive ketones (excluding diaryl/α,β-unsaturated/α-hetero) is 1. The highest BCUT2D eigenvalue weighted by Gasteiger charge is 2.38. The second-order valence-electron chi connectivity index (χ2n) is 11.0. The van der Waals surface area contributed by atoms with E-state index in [1.54, 1.807) is 12.3 Å². The maximum atomic E-state index is 13.7. The van der Waals surface area contributed by atoms with Gasteiger partial charge in [0.25, 0.3) is 0 Å². The van der Waals surface area contributed by atoms with Crippen LogP contribution in [-0.4, -0.2) is 38.5 Å². The number of nitrogens with one attached hydrogen (secondary N) is 3. The van der Waals surface area contributed by atoms with Gasteiger partial charge in [0, 0.05) is 36.3 Å². The fourth-order valence-electron chi connectivity index (χ4n) is 5.95. The van der Waals surface area contributed by atoms with Crippen LogP contribution in [0.25, 0.3) is 10.9 Å². The van der Waals surface area contributed by atoms with Crippen molar-refractivity contribution in [2.75, 3.05) is 13.1 Å². The number of fused-ring (bicyclic) bond motifs is 1. The molecule has 45 heavy (non-hydrogen) atoms. The molecule has 0 unspecified atom stereocenters. The van der Waals surface area contributed by atoms with Crippen molar-refractivity contribution in [1.82, 2.24) is 25.2 Å². The summed E-state index contributed by atoms with van der Waals surface area (Å²) in [5, 5.41) is 7.34. The standard InChI is InChI=1S/C37H34FN5OS/c38-31-18-19-35-34(22-31)27(23-40-35)21-33(44)24-41-36(45)39-20-10-17-32-25-43(26-42-32)37(28-11-4-1-5-12-28,29-13-6-2-7-14-29)30-15-8-3-9-16-30/h1-9,11-16,18-19,22-23,25-26,40H,10,17,20-21,24H2,(H2,39,41,45). The molecule has 2 aromatic heterocycles. The number of rotatable bonds is 12. The van der Waals surface area contributed by atoms with E-state index in [0.29, 0.717) is 11.7 Å². The SMILES string of the molecule is O=C(CNC(=S)NCCCc1cn(C(c2ccccc2)(c2ccccc2)c2ccccc2)cn1)Cc1c[nH]c2ccc(F)cc12. The van der Waals surface area contributed by atoms with Crippen LogP contribution in [0.5, 0.6) is 0 Å². The molecule has 0 saturated heterocycles. The first-order chi connectivity index (χ1) is 22.0. The molecule has 2 heterocycles. The van der Waals surface area contributed by atoms with Crippen LogP contribution in [0.15, 0.2) is 128 Å². The molecular weight excluding hydrogens is 582 g/mol. The minimum Gasteiger partial charge on any atom is -0.363 e. The van der Waals surface area contributed by atoms with Crippen molar-refractivity contribution in [3.8, 4) is 0 Å². The number of hydrogen-bond acceptors (Lipinski definition) is 3. The highest BCUT2D eigenvalue weighted by Crippen LogP contribution is 2.40. The van der Waals surface area contributed by atoms with Crippen molar-refractivity contribution in [2.45, 2.75) is 24.8 Å². The summed E-state index contributed by atoms with van der Waals surface area (Å²) in [6.07, 6.45) is 7.58. The Morgan fingerprint density at radius 2 is 1.49 bits per heavy atom. The Labute approximate surface area is 267 Å². The van der Waals surface area contributed by atoms with Crippen molar-refractivity contribution < 1.29 is 9.18 Å². The van der Waals surface area contributed by atoms with Crippen molar-refractivity contribution in [3.05, 3.63) is 162 Å². The van der Waals surface area contributed by atoms with E-state index in [1.807, 2.05) is 24.5 Å². The lowest BCUT2D eigenvalue weighted by molar-refractivity contribution is -0.117. The van der Waals surface area contributed by atoms with Crippen LogP contribution in [0, 0.1) is 5.82 Å². The maximum absolute atomic E-state index is 13.7. The summed E-state index contributed by atoms with van der Waals surface area (Å²) >= 11 is 5.41. The Morgan fingerprint density at radius 3 is 2.11 bits per heavy atom. The van der Waals surface area contributed by atoms with E-state index in [-0.39, 0.29) is 24.6 Å². The average Bonchev–Trinajstić information content (AvgIpc) is 3.71. The number of carbonyl (C=O) groups excluding carboxylic acids is 1. The van der Waals surface area contributed by atoms with Gasteiger partial charge in [-0.05, 0) is 65.5 Å². The molecule has 6 aromatic rings. The van der Waals surface area contributed by atoms with E-state index in [0.717, 1.165) is 51.7 Å². The van der Waals surface area contributed by atoms with Crippen molar-refractivity contribution >= 4 is 34.0 Å². The second-order valence-corrected chi connectivity index (χ2v) is 11.4. The van der Waals surface area contributed by atoms with Gasteiger partial charge < -0.3 is 20.2 Å². The third-order valence-electron chi connectivity index (χ3n) is 8.06. The van der Waals surface area contributed by atoms with Gasteiger partial charge in [0.15, 0.2) is 10.9 Å². The molecule has 0 aliphatic heterocycles. The number of thiocarbonyl (C=S) groups is 1. The lowest BCUT2D eigenvalue weighted by atomic mass is 9.77. The summed E-state index contributed by atoms with van der Waals surface area (Å²) in [6, 6.07) is 36.1. The number of benzene rings is 4. The number of ketones is 1. The van der Waals surface area contributed by atoms with Crippen LogP contribution in [0.4, 0.5) is 4.39 Å². The molecule has 0 spiro atoms. The number of imidazole rings is 1. The normalized spacial score (nSPS) is 11.4. The Bertz CT molecular complexity index is 1790. The predicted octanol–water partition coefficient (Wildman–Crippen LogP) is 6.55. The lowest BCUT2D eigenvalue weighted by Gasteiger charge is -2.37. The van der Waals surface area contributed by atoms with E-state index < -0.39 is 5.54 Å². The summed E-state index contributed by atoms with van der Waals surface area (Å²) in [7, 11) is 0. The van der Waals surface area contributed by atoms with Gasteiger partial charge in [-0.25, -0.2) is 9.37 Å². The van der Waals surface area contributed by atoms with Crippen LogP contribution >= 0.6 is 12.2 Å². The van der Waals surface area contributed by atoms with Gasteiger partial charge in [0.1, 0.15) is 11.4 Å². The second kappa shape index (κ2) is 13.7. The van der Waals surface area contributed by atoms with Gasteiger partial charge in [0.2, 0.25) is 0 Å². The fourth-order valence-corrected chi connectivity index (χ4v) is 6.12. The zero-order chi connectivity index (χ0) is 31.1. The largest absolute Gasteiger partial charge is 0.363 e. The smallest absolute Gasteiger partial charge is 0.166 e. The summed E-state index contributed by atoms with van der Waals surface area (Å²) in [5.41, 5.74) is 5.41. The van der Waals surface area contributed by atoms with Gasteiger partial charge in [-0.1, -0.05) is 91.0 Å². The Morgan fingerprint density at radius 1 is 0.867 bits per heavy atom. The predicted molar refractivity (Wildman–Crippen MR) is 181 cm³/mol.